The second-order valence-electron chi connectivity index (χ2n) is 4.06. The third-order valence-corrected chi connectivity index (χ3v) is 1.76. The molecule has 2 atom stereocenters. The lowest BCUT2D eigenvalue weighted by Crippen LogP contribution is -2.35. The molecule has 3 nitrogen and oxygen atoms in total. The van der Waals surface area contributed by atoms with Gasteiger partial charge in [-0.3, -0.25) is 0 Å². The topological polar surface area (TPSA) is 66.5 Å². The molecule has 0 heterocycles. The van der Waals surface area contributed by atoms with E-state index in [-0.39, 0.29) is 18.1 Å². The SMILES string of the molecule is CC(C)(C)C(O)CC(N)CO. The fourth-order valence-corrected chi connectivity index (χ4v) is 0.715. The van der Waals surface area contributed by atoms with Gasteiger partial charge in [0.2, 0.25) is 0 Å². The highest BCUT2D eigenvalue weighted by molar-refractivity contribution is 4.76. The zero-order valence-corrected chi connectivity index (χ0v) is 7.54. The molecule has 0 rings (SSSR count). The zero-order chi connectivity index (χ0) is 9.07. The molecule has 11 heavy (non-hydrogen) atoms. The molecule has 0 amide bonds. The third-order valence-electron chi connectivity index (χ3n) is 1.76. The molecule has 0 aromatic rings. The summed E-state index contributed by atoms with van der Waals surface area (Å²) in [6.45, 7) is 5.78. The highest BCUT2D eigenvalue weighted by Gasteiger charge is 2.23. The number of aliphatic hydroxyl groups excluding tert-OH is 2. The maximum absolute atomic E-state index is 9.50. The molecule has 4 N–H and O–H groups in total. The molecular weight excluding hydrogens is 142 g/mol. The minimum atomic E-state index is -0.440. The average Bonchev–Trinajstić information content (AvgIpc) is 1.85. The van der Waals surface area contributed by atoms with E-state index in [1.807, 2.05) is 20.8 Å². The Balaban J connectivity index is 3.77. The number of rotatable bonds is 3. The Hall–Kier alpha value is -0.120. The first-order valence-corrected chi connectivity index (χ1v) is 3.92. The summed E-state index contributed by atoms with van der Waals surface area (Å²) in [7, 11) is 0. The summed E-state index contributed by atoms with van der Waals surface area (Å²) in [5.41, 5.74) is 5.31. The summed E-state index contributed by atoms with van der Waals surface area (Å²) in [5.74, 6) is 0. The maximum atomic E-state index is 9.50. The minimum Gasteiger partial charge on any atom is -0.395 e. The Bertz CT molecular complexity index is 109. The molecular formula is C8H19NO2. The van der Waals surface area contributed by atoms with Gasteiger partial charge < -0.3 is 15.9 Å². The van der Waals surface area contributed by atoms with Gasteiger partial charge in [0.1, 0.15) is 0 Å². The lowest BCUT2D eigenvalue weighted by Gasteiger charge is -2.27. The highest BCUT2D eigenvalue weighted by atomic mass is 16.3. The van der Waals surface area contributed by atoms with Gasteiger partial charge in [-0.15, -0.1) is 0 Å². The molecule has 0 aromatic heterocycles. The van der Waals surface area contributed by atoms with Crippen LogP contribution in [0.1, 0.15) is 27.2 Å². The van der Waals surface area contributed by atoms with Crippen molar-refractivity contribution in [3.63, 3.8) is 0 Å². The van der Waals surface area contributed by atoms with Gasteiger partial charge in [-0.25, -0.2) is 0 Å². The summed E-state index contributed by atoms with van der Waals surface area (Å²) in [5, 5.41) is 18.1. The van der Waals surface area contributed by atoms with Crippen LogP contribution in [0.4, 0.5) is 0 Å². The van der Waals surface area contributed by atoms with Crippen molar-refractivity contribution in [1.29, 1.82) is 0 Å². The van der Waals surface area contributed by atoms with Crippen molar-refractivity contribution in [3.8, 4) is 0 Å². The van der Waals surface area contributed by atoms with Crippen molar-refractivity contribution < 1.29 is 10.2 Å². The lowest BCUT2D eigenvalue weighted by atomic mass is 9.86. The molecule has 0 aromatic carbocycles. The minimum absolute atomic E-state index is 0.0624. The second kappa shape index (κ2) is 4.04. The number of nitrogens with two attached hydrogens (primary N) is 1. The Labute approximate surface area is 68.2 Å². The second-order valence-corrected chi connectivity index (χ2v) is 4.06. The summed E-state index contributed by atoms with van der Waals surface area (Å²) < 4.78 is 0. The van der Waals surface area contributed by atoms with Crippen LogP contribution >= 0.6 is 0 Å². The summed E-state index contributed by atoms with van der Waals surface area (Å²) >= 11 is 0. The molecule has 68 valence electrons. The lowest BCUT2D eigenvalue weighted by molar-refractivity contribution is 0.0439. The molecule has 0 aliphatic carbocycles. The molecule has 0 spiro atoms. The normalized spacial score (nSPS) is 18.0. The molecule has 0 saturated heterocycles. The third kappa shape index (κ3) is 4.35. The monoisotopic (exact) mass is 161 g/mol. The van der Waals surface area contributed by atoms with E-state index in [1.165, 1.54) is 0 Å². The maximum Gasteiger partial charge on any atom is 0.0604 e. The van der Waals surface area contributed by atoms with E-state index in [4.69, 9.17) is 10.8 Å². The van der Waals surface area contributed by atoms with Crippen LogP contribution < -0.4 is 5.73 Å². The van der Waals surface area contributed by atoms with Crippen LogP contribution in [0, 0.1) is 5.41 Å². The van der Waals surface area contributed by atoms with Crippen LogP contribution in [-0.2, 0) is 0 Å². The van der Waals surface area contributed by atoms with E-state index in [2.05, 4.69) is 0 Å². The smallest absolute Gasteiger partial charge is 0.0604 e. The molecule has 0 fully saturated rings. The van der Waals surface area contributed by atoms with E-state index in [9.17, 15) is 5.11 Å². The fraction of sp³-hybridized carbons (Fsp3) is 1.00. The van der Waals surface area contributed by atoms with E-state index in [0.717, 1.165) is 0 Å². The summed E-state index contributed by atoms with van der Waals surface area (Å²) in [6, 6.07) is -0.302. The quantitative estimate of drug-likeness (QED) is 0.550. The predicted octanol–water partition coefficient (Wildman–Crippen LogP) is 0.103. The fourth-order valence-electron chi connectivity index (χ4n) is 0.715. The van der Waals surface area contributed by atoms with E-state index >= 15 is 0 Å². The Morgan fingerprint density at radius 3 is 2.09 bits per heavy atom. The number of hydrogen-bond acceptors (Lipinski definition) is 3. The summed E-state index contributed by atoms with van der Waals surface area (Å²) in [6.07, 6.45) is 0.0182. The van der Waals surface area contributed by atoms with Crippen LogP contribution in [0.5, 0.6) is 0 Å². The van der Waals surface area contributed by atoms with Crippen molar-refractivity contribution in [2.45, 2.75) is 39.3 Å². The largest absolute Gasteiger partial charge is 0.395 e. The molecule has 0 saturated carbocycles. The zero-order valence-electron chi connectivity index (χ0n) is 7.54. The first-order chi connectivity index (χ1) is 4.88. The Morgan fingerprint density at radius 2 is 1.82 bits per heavy atom. The van der Waals surface area contributed by atoms with Crippen molar-refractivity contribution >= 4 is 0 Å². The van der Waals surface area contributed by atoms with Crippen LogP contribution in [0.3, 0.4) is 0 Å². The van der Waals surface area contributed by atoms with Crippen LogP contribution in [0.15, 0.2) is 0 Å². The van der Waals surface area contributed by atoms with Crippen molar-refractivity contribution in [2.75, 3.05) is 6.61 Å². The van der Waals surface area contributed by atoms with Crippen molar-refractivity contribution in [2.24, 2.45) is 11.1 Å². The Kier molecular flexibility index (Phi) is 4.00. The molecule has 2 unspecified atom stereocenters. The molecule has 0 aliphatic heterocycles. The van der Waals surface area contributed by atoms with Crippen molar-refractivity contribution in [3.05, 3.63) is 0 Å². The van der Waals surface area contributed by atoms with E-state index < -0.39 is 6.10 Å². The van der Waals surface area contributed by atoms with Gasteiger partial charge in [0.15, 0.2) is 0 Å². The average molecular weight is 161 g/mol. The first kappa shape index (κ1) is 10.9. The van der Waals surface area contributed by atoms with Gasteiger partial charge in [0, 0.05) is 6.04 Å². The Morgan fingerprint density at radius 1 is 1.36 bits per heavy atom. The van der Waals surface area contributed by atoms with Gasteiger partial charge in [0.05, 0.1) is 12.7 Å². The van der Waals surface area contributed by atoms with E-state index in [0.29, 0.717) is 6.42 Å². The summed E-state index contributed by atoms with van der Waals surface area (Å²) in [4.78, 5) is 0. The van der Waals surface area contributed by atoms with E-state index in [1.54, 1.807) is 0 Å². The molecule has 0 bridgehead atoms. The van der Waals surface area contributed by atoms with Gasteiger partial charge in [-0.2, -0.15) is 0 Å². The molecule has 0 radical (unpaired) electrons. The van der Waals surface area contributed by atoms with Gasteiger partial charge in [-0.1, -0.05) is 20.8 Å². The first-order valence-electron chi connectivity index (χ1n) is 3.92. The number of aliphatic hydroxyl groups is 2. The van der Waals surface area contributed by atoms with Crippen LogP contribution in [0.2, 0.25) is 0 Å². The van der Waals surface area contributed by atoms with Gasteiger partial charge >= 0.3 is 0 Å². The molecule has 0 aliphatic rings. The number of hydrogen-bond donors (Lipinski definition) is 3. The van der Waals surface area contributed by atoms with Gasteiger partial charge in [0.25, 0.3) is 0 Å². The molecule has 3 heteroatoms. The van der Waals surface area contributed by atoms with Crippen LogP contribution in [0.25, 0.3) is 0 Å². The van der Waals surface area contributed by atoms with Crippen molar-refractivity contribution in [1.82, 2.24) is 0 Å². The predicted molar refractivity (Wildman–Crippen MR) is 45.1 cm³/mol. The van der Waals surface area contributed by atoms with Crippen LogP contribution in [-0.4, -0.2) is 29.0 Å². The standard InChI is InChI=1S/C8H19NO2/c1-8(2,3)7(11)4-6(9)5-10/h6-7,10-11H,4-5,9H2,1-3H3. The highest BCUT2D eigenvalue weighted by Crippen LogP contribution is 2.21. The van der Waals surface area contributed by atoms with Gasteiger partial charge in [-0.05, 0) is 11.8 Å².